The highest BCUT2D eigenvalue weighted by atomic mass is 16.5. The number of aromatic hydroxyl groups is 1. The molecule has 0 radical (unpaired) electrons. The highest BCUT2D eigenvalue weighted by molar-refractivity contribution is 5.35. The minimum absolute atomic E-state index is 0.133. The number of aliphatic hydroxyl groups excluding tert-OH is 1. The fourth-order valence-electron chi connectivity index (χ4n) is 3.24. The first-order chi connectivity index (χ1) is 11.6. The number of rotatable bonds is 5. The summed E-state index contributed by atoms with van der Waals surface area (Å²) in [5.74, 6) is 0.328. The first-order valence-corrected chi connectivity index (χ1v) is 8.47. The number of hydrogen-bond donors (Lipinski definition) is 2. The maximum Gasteiger partial charge on any atom is 0.120 e. The van der Waals surface area contributed by atoms with Crippen LogP contribution in [0.3, 0.4) is 0 Å². The van der Waals surface area contributed by atoms with E-state index in [0.29, 0.717) is 31.9 Å². The van der Waals surface area contributed by atoms with Crippen LogP contribution < -0.4 is 0 Å². The predicted octanol–water partition coefficient (Wildman–Crippen LogP) is 3.03. The van der Waals surface area contributed by atoms with Crippen molar-refractivity contribution in [1.82, 2.24) is 4.90 Å². The maximum atomic E-state index is 10.5. The minimum atomic E-state index is -0.508. The van der Waals surface area contributed by atoms with Crippen molar-refractivity contribution in [3.05, 3.63) is 65.2 Å². The first kappa shape index (κ1) is 17.0. The van der Waals surface area contributed by atoms with Crippen LogP contribution >= 0.6 is 0 Å². The number of aryl methyl sites for hydroxylation is 1. The summed E-state index contributed by atoms with van der Waals surface area (Å²) in [5.41, 5.74) is 2.99. The standard InChI is InChI=1S/C20H25NO3/c1-15-7-8-19(22)17(11-15)13-21-9-10-24-14-18(21)12-20(23)16-5-3-2-4-6-16/h2-8,11,18,20,22-23H,9-10,12-14H2,1H3. The summed E-state index contributed by atoms with van der Waals surface area (Å²) in [6, 6.07) is 15.6. The molecule has 3 rings (SSSR count). The van der Waals surface area contributed by atoms with E-state index in [4.69, 9.17) is 4.74 Å². The summed E-state index contributed by atoms with van der Waals surface area (Å²) < 4.78 is 5.63. The normalized spacial score (nSPS) is 20.0. The molecule has 2 unspecified atom stereocenters. The van der Waals surface area contributed by atoms with Gasteiger partial charge in [0.1, 0.15) is 5.75 Å². The molecule has 1 aliphatic heterocycles. The molecule has 1 aliphatic rings. The molecular formula is C20H25NO3. The molecule has 2 aromatic rings. The lowest BCUT2D eigenvalue weighted by atomic mass is 10.00. The Bertz CT molecular complexity index is 659. The van der Waals surface area contributed by atoms with E-state index in [9.17, 15) is 10.2 Å². The van der Waals surface area contributed by atoms with E-state index in [-0.39, 0.29) is 6.04 Å². The van der Waals surface area contributed by atoms with Gasteiger partial charge in [-0.05, 0) is 25.0 Å². The average molecular weight is 327 g/mol. The average Bonchev–Trinajstić information content (AvgIpc) is 2.60. The number of phenols is 1. The van der Waals surface area contributed by atoms with E-state index < -0.39 is 6.10 Å². The Morgan fingerprint density at radius 3 is 2.79 bits per heavy atom. The van der Waals surface area contributed by atoms with Gasteiger partial charge >= 0.3 is 0 Å². The molecule has 4 nitrogen and oxygen atoms in total. The molecule has 1 fully saturated rings. The predicted molar refractivity (Wildman–Crippen MR) is 93.9 cm³/mol. The van der Waals surface area contributed by atoms with Crippen molar-refractivity contribution >= 4 is 0 Å². The van der Waals surface area contributed by atoms with Crippen LogP contribution in [0.1, 0.15) is 29.2 Å². The summed E-state index contributed by atoms with van der Waals surface area (Å²) in [7, 11) is 0. The van der Waals surface area contributed by atoms with Gasteiger partial charge in [-0.15, -0.1) is 0 Å². The van der Waals surface area contributed by atoms with Crippen molar-refractivity contribution in [2.75, 3.05) is 19.8 Å². The zero-order valence-corrected chi connectivity index (χ0v) is 14.1. The van der Waals surface area contributed by atoms with E-state index >= 15 is 0 Å². The molecule has 0 aliphatic carbocycles. The molecule has 1 saturated heterocycles. The summed E-state index contributed by atoms with van der Waals surface area (Å²) in [6.45, 7) is 4.79. The second-order valence-corrected chi connectivity index (χ2v) is 6.49. The van der Waals surface area contributed by atoms with Crippen LogP contribution in [-0.2, 0) is 11.3 Å². The van der Waals surface area contributed by atoms with Crippen molar-refractivity contribution in [3.63, 3.8) is 0 Å². The zero-order valence-electron chi connectivity index (χ0n) is 14.1. The first-order valence-electron chi connectivity index (χ1n) is 8.47. The molecule has 2 aromatic carbocycles. The minimum Gasteiger partial charge on any atom is -0.508 e. The van der Waals surface area contributed by atoms with E-state index in [0.717, 1.165) is 23.2 Å². The summed E-state index contributed by atoms with van der Waals surface area (Å²) in [5, 5.41) is 20.6. The molecular weight excluding hydrogens is 302 g/mol. The quantitative estimate of drug-likeness (QED) is 0.886. The Kier molecular flexibility index (Phi) is 5.51. The van der Waals surface area contributed by atoms with Crippen LogP contribution in [0.4, 0.5) is 0 Å². The Morgan fingerprint density at radius 1 is 1.21 bits per heavy atom. The lowest BCUT2D eigenvalue weighted by molar-refractivity contribution is -0.0302. The van der Waals surface area contributed by atoms with Crippen molar-refractivity contribution < 1.29 is 14.9 Å². The highest BCUT2D eigenvalue weighted by Crippen LogP contribution is 2.26. The maximum absolute atomic E-state index is 10.5. The molecule has 0 aromatic heterocycles. The van der Waals surface area contributed by atoms with E-state index in [1.807, 2.05) is 49.4 Å². The Morgan fingerprint density at radius 2 is 2.00 bits per heavy atom. The van der Waals surface area contributed by atoms with Gasteiger partial charge < -0.3 is 14.9 Å². The van der Waals surface area contributed by atoms with Gasteiger partial charge in [0.2, 0.25) is 0 Å². The van der Waals surface area contributed by atoms with Gasteiger partial charge in [-0.3, -0.25) is 4.90 Å². The second-order valence-electron chi connectivity index (χ2n) is 6.49. The van der Waals surface area contributed by atoms with Gasteiger partial charge in [0.25, 0.3) is 0 Å². The van der Waals surface area contributed by atoms with Gasteiger partial charge in [0.05, 0.1) is 19.3 Å². The lowest BCUT2D eigenvalue weighted by Crippen LogP contribution is -2.45. The molecule has 2 N–H and O–H groups in total. The van der Waals surface area contributed by atoms with Gasteiger partial charge in [0, 0.05) is 24.7 Å². The molecule has 0 spiro atoms. The van der Waals surface area contributed by atoms with Crippen molar-refractivity contribution in [2.24, 2.45) is 0 Å². The highest BCUT2D eigenvalue weighted by Gasteiger charge is 2.26. The number of hydrogen-bond acceptors (Lipinski definition) is 4. The topological polar surface area (TPSA) is 52.9 Å². The molecule has 1 heterocycles. The number of phenolic OH excluding ortho intramolecular Hbond substituents is 1. The lowest BCUT2D eigenvalue weighted by Gasteiger charge is -2.36. The third-order valence-electron chi connectivity index (χ3n) is 4.64. The molecule has 24 heavy (non-hydrogen) atoms. The SMILES string of the molecule is Cc1ccc(O)c(CN2CCOCC2CC(O)c2ccccc2)c1. The molecule has 128 valence electrons. The van der Waals surface area contributed by atoms with Crippen LogP contribution in [-0.4, -0.2) is 40.9 Å². The molecule has 2 atom stereocenters. The Hall–Kier alpha value is -1.88. The van der Waals surface area contributed by atoms with Gasteiger partial charge in [-0.1, -0.05) is 48.0 Å². The summed E-state index contributed by atoms with van der Waals surface area (Å²) >= 11 is 0. The van der Waals surface area contributed by atoms with Crippen molar-refractivity contribution in [3.8, 4) is 5.75 Å². The third-order valence-corrected chi connectivity index (χ3v) is 4.64. The number of morpholine rings is 1. The van der Waals surface area contributed by atoms with E-state index in [1.165, 1.54) is 0 Å². The van der Waals surface area contributed by atoms with Crippen molar-refractivity contribution in [1.29, 1.82) is 0 Å². The number of ether oxygens (including phenoxy) is 1. The van der Waals surface area contributed by atoms with Gasteiger partial charge in [-0.2, -0.15) is 0 Å². The number of aliphatic hydroxyl groups is 1. The number of benzene rings is 2. The van der Waals surface area contributed by atoms with Gasteiger partial charge in [-0.25, -0.2) is 0 Å². The number of nitrogens with zero attached hydrogens (tertiary/aromatic N) is 1. The Balaban J connectivity index is 1.70. The Labute approximate surface area is 143 Å². The van der Waals surface area contributed by atoms with Crippen LogP contribution in [0.2, 0.25) is 0 Å². The largest absolute Gasteiger partial charge is 0.508 e. The van der Waals surface area contributed by atoms with E-state index in [1.54, 1.807) is 6.07 Å². The van der Waals surface area contributed by atoms with Crippen LogP contribution in [0.15, 0.2) is 48.5 Å². The fraction of sp³-hybridized carbons (Fsp3) is 0.400. The molecule has 4 heteroatoms. The van der Waals surface area contributed by atoms with Crippen LogP contribution in [0.5, 0.6) is 5.75 Å². The van der Waals surface area contributed by atoms with Crippen molar-refractivity contribution in [2.45, 2.75) is 32.0 Å². The smallest absolute Gasteiger partial charge is 0.120 e. The molecule has 0 amide bonds. The monoisotopic (exact) mass is 327 g/mol. The molecule has 0 bridgehead atoms. The second kappa shape index (κ2) is 7.79. The molecule has 0 saturated carbocycles. The third kappa shape index (κ3) is 4.15. The zero-order chi connectivity index (χ0) is 16.9. The van der Waals surface area contributed by atoms with Crippen LogP contribution in [0, 0.1) is 6.92 Å². The van der Waals surface area contributed by atoms with Crippen LogP contribution in [0.25, 0.3) is 0 Å². The summed E-state index contributed by atoms with van der Waals surface area (Å²) in [6.07, 6.45) is 0.114. The van der Waals surface area contributed by atoms with Gasteiger partial charge in [0.15, 0.2) is 0 Å². The fourth-order valence-corrected chi connectivity index (χ4v) is 3.24. The summed E-state index contributed by atoms with van der Waals surface area (Å²) in [4.78, 5) is 2.30. The van der Waals surface area contributed by atoms with E-state index in [2.05, 4.69) is 4.90 Å².